The summed E-state index contributed by atoms with van der Waals surface area (Å²) in [4.78, 5) is 13.2. The Morgan fingerprint density at radius 3 is 2.77 bits per heavy atom. The molecule has 30 heavy (non-hydrogen) atoms. The fourth-order valence-corrected chi connectivity index (χ4v) is 3.86. The van der Waals surface area contributed by atoms with Gasteiger partial charge >= 0.3 is 0 Å². The monoisotopic (exact) mass is 417 g/mol. The zero-order chi connectivity index (χ0) is 20.9. The van der Waals surface area contributed by atoms with E-state index in [0.717, 1.165) is 28.0 Å². The van der Waals surface area contributed by atoms with E-state index in [4.69, 9.17) is 4.74 Å². The Kier molecular flexibility index (Phi) is 5.95. The molecule has 1 amide bonds. The molecular formula is C24H23N3O2S. The topological polar surface area (TPSA) is 56.1 Å². The van der Waals surface area contributed by atoms with E-state index >= 15 is 0 Å². The number of aromatic nitrogens is 2. The van der Waals surface area contributed by atoms with Crippen LogP contribution in [0, 0.1) is 13.8 Å². The van der Waals surface area contributed by atoms with Crippen LogP contribution in [0.5, 0.6) is 5.75 Å². The van der Waals surface area contributed by atoms with Gasteiger partial charge in [0.15, 0.2) is 0 Å². The van der Waals surface area contributed by atoms with E-state index < -0.39 is 0 Å². The average molecular weight is 418 g/mol. The Bertz CT molecular complexity index is 1150. The number of carbonyl (C=O) groups excluding carboxylic acids is 1. The molecule has 0 fully saturated rings. The summed E-state index contributed by atoms with van der Waals surface area (Å²) in [6.07, 6.45) is 3.50. The first-order valence-corrected chi connectivity index (χ1v) is 10.6. The fraction of sp³-hybridized carbons (Fsp3) is 0.167. The van der Waals surface area contributed by atoms with Crippen LogP contribution in [0.4, 0.5) is 5.69 Å². The van der Waals surface area contributed by atoms with Crippen molar-refractivity contribution >= 4 is 22.9 Å². The maximum atomic E-state index is 12.6. The van der Waals surface area contributed by atoms with Crippen molar-refractivity contribution in [3.8, 4) is 5.75 Å². The van der Waals surface area contributed by atoms with Crippen LogP contribution in [-0.4, -0.2) is 15.7 Å². The number of nitrogens with one attached hydrogen (secondary N) is 1. The Hall–Kier alpha value is -3.38. The van der Waals surface area contributed by atoms with Crippen molar-refractivity contribution in [2.24, 2.45) is 0 Å². The molecule has 0 atom stereocenters. The lowest BCUT2D eigenvalue weighted by Gasteiger charge is -2.08. The fourth-order valence-electron chi connectivity index (χ4n) is 3.07. The third-order valence-electron chi connectivity index (χ3n) is 4.69. The van der Waals surface area contributed by atoms with Crippen LogP contribution in [0.25, 0.3) is 0 Å². The van der Waals surface area contributed by atoms with Crippen LogP contribution >= 0.6 is 11.3 Å². The second-order valence-electron chi connectivity index (χ2n) is 7.24. The molecule has 0 aliphatic rings. The number of carbonyl (C=O) groups is 1. The molecule has 4 rings (SSSR count). The van der Waals surface area contributed by atoms with Gasteiger partial charge in [0.05, 0.1) is 23.3 Å². The Morgan fingerprint density at radius 1 is 1.10 bits per heavy atom. The van der Waals surface area contributed by atoms with Gasteiger partial charge in [-0.25, -0.2) is 0 Å². The van der Waals surface area contributed by atoms with Crippen LogP contribution in [0.1, 0.15) is 31.9 Å². The first kappa shape index (κ1) is 19.9. The van der Waals surface area contributed by atoms with E-state index in [0.29, 0.717) is 23.7 Å². The molecule has 0 saturated carbocycles. The quantitative estimate of drug-likeness (QED) is 0.436. The molecule has 6 heteroatoms. The lowest BCUT2D eigenvalue weighted by molar-refractivity contribution is 0.103. The Morgan fingerprint density at radius 2 is 1.93 bits per heavy atom. The number of nitrogens with zero attached hydrogens (tertiary/aromatic N) is 2. The molecule has 0 aliphatic carbocycles. The number of anilines is 1. The minimum atomic E-state index is -0.141. The number of aryl methyl sites for hydroxylation is 2. The summed E-state index contributed by atoms with van der Waals surface area (Å²) in [5.74, 6) is 0.732. The molecule has 0 radical (unpaired) electrons. The molecule has 0 bridgehead atoms. The first-order chi connectivity index (χ1) is 14.6. The standard InChI is InChI=1S/C24H23N3O2S/c1-17-8-9-18(2)22(10-17)29-15-20-11-23(30-16-20)24(28)26-21-12-25-27(14-21)13-19-6-4-3-5-7-19/h3-12,14,16H,13,15H2,1-2H3,(H,26,28). The Labute approximate surface area is 179 Å². The molecule has 2 aromatic carbocycles. The second kappa shape index (κ2) is 8.97. The van der Waals surface area contributed by atoms with Gasteiger partial charge in [-0.2, -0.15) is 5.10 Å². The normalized spacial score (nSPS) is 10.7. The van der Waals surface area contributed by atoms with Gasteiger partial charge in [-0.1, -0.05) is 42.5 Å². The number of hydrogen-bond acceptors (Lipinski definition) is 4. The smallest absolute Gasteiger partial charge is 0.265 e. The van der Waals surface area contributed by atoms with Gasteiger partial charge in [-0.15, -0.1) is 11.3 Å². The van der Waals surface area contributed by atoms with Crippen LogP contribution in [0.2, 0.25) is 0 Å². The highest BCUT2D eigenvalue weighted by molar-refractivity contribution is 7.12. The first-order valence-electron chi connectivity index (χ1n) is 9.72. The van der Waals surface area contributed by atoms with E-state index in [-0.39, 0.29) is 5.91 Å². The molecule has 2 aromatic heterocycles. The van der Waals surface area contributed by atoms with Gasteiger partial charge in [0.1, 0.15) is 12.4 Å². The van der Waals surface area contributed by atoms with Crippen molar-refractivity contribution in [1.82, 2.24) is 9.78 Å². The average Bonchev–Trinajstić information content (AvgIpc) is 3.39. The summed E-state index contributed by atoms with van der Waals surface area (Å²) in [5, 5.41) is 9.20. The van der Waals surface area contributed by atoms with E-state index in [9.17, 15) is 4.79 Å². The van der Waals surface area contributed by atoms with Gasteiger partial charge in [0.25, 0.3) is 5.91 Å². The van der Waals surface area contributed by atoms with Crippen molar-refractivity contribution in [3.63, 3.8) is 0 Å². The lowest BCUT2D eigenvalue weighted by Crippen LogP contribution is -2.09. The van der Waals surface area contributed by atoms with Crippen molar-refractivity contribution in [3.05, 3.63) is 99.5 Å². The predicted octanol–water partition coefficient (Wildman–Crippen LogP) is 5.44. The van der Waals surface area contributed by atoms with Crippen molar-refractivity contribution in [2.75, 3.05) is 5.32 Å². The van der Waals surface area contributed by atoms with Crippen molar-refractivity contribution in [2.45, 2.75) is 27.0 Å². The molecule has 2 heterocycles. The minimum Gasteiger partial charge on any atom is -0.489 e. The summed E-state index contributed by atoms with van der Waals surface area (Å²) in [6, 6.07) is 18.1. The van der Waals surface area contributed by atoms with E-state index in [1.54, 1.807) is 6.20 Å². The zero-order valence-corrected chi connectivity index (χ0v) is 17.8. The molecule has 0 spiro atoms. The van der Waals surface area contributed by atoms with Gasteiger partial charge in [0.2, 0.25) is 0 Å². The van der Waals surface area contributed by atoms with Crippen molar-refractivity contribution < 1.29 is 9.53 Å². The third-order valence-corrected chi connectivity index (χ3v) is 5.67. The summed E-state index contributed by atoms with van der Waals surface area (Å²) in [6.45, 7) is 5.17. The van der Waals surface area contributed by atoms with Gasteiger partial charge < -0.3 is 10.1 Å². The highest BCUT2D eigenvalue weighted by Gasteiger charge is 2.12. The largest absolute Gasteiger partial charge is 0.489 e. The van der Waals surface area contributed by atoms with Crippen LogP contribution < -0.4 is 10.1 Å². The number of hydrogen-bond donors (Lipinski definition) is 1. The van der Waals surface area contributed by atoms with E-state index in [1.807, 2.05) is 72.6 Å². The summed E-state index contributed by atoms with van der Waals surface area (Å²) >= 11 is 1.41. The molecule has 0 unspecified atom stereocenters. The number of benzene rings is 2. The summed E-state index contributed by atoms with van der Waals surface area (Å²) in [5.41, 5.74) is 5.07. The molecular weight excluding hydrogens is 394 g/mol. The minimum absolute atomic E-state index is 0.141. The highest BCUT2D eigenvalue weighted by Crippen LogP contribution is 2.22. The molecule has 0 saturated heterocycles. The van der Waals surface area contributed by atoms with Gasteiger partial charge in [0, 0.05) is 11.8 Å². The zero-order valence-electron chi connectivity index (χ0n) is 17.0. The van der Waals surface area contributed by atoms with Crippen LogP contribution in [0.15, 0.2) is 72.4 Å². The predicted molar refractivity (Wildman–Crippen MR) is 120 cm³/mol. The van der Waals surface area contributed by atoms with Gasteiger partial charge in [-0.3, -0.25) is 9.48 Å². The highest BCUT2D eigenvalue weighted by atomic mass is 32.1. The summed E-state index contributed by atoms with van der Waals surface area (Å²) in [7, 11) is 0. The molecule has 4 aromatic rings. The molecule has 1 N–H and O–H groups in total. The maximum Gasteiger partial charge on any atom is 0.265 e. The SMILES string of the molecule is Cc1ccc(C)c(OCc2csc(C(=O)Nc3cnn(Cc4ccccc4)c3)c2)c1. The van der Waals surface area contributed by atoms with E-state index in [1.165, 1.54) is 11.3 Å². The van der Waals surface area contributed by atoms with Crippen LogP contribution in [-0.2, 0) is 13.2 Å². The lowest BCUT2D eigenvalue weighted by atomic mass is 10.1. The molecule has 152 valence electrons. The third kappa shape index (κ3) is 4.96. The van der Waals surface area contributed by atoms with Gasteiger partial charge in [-0.05, 0) is 48.1 Å². The van der Waals surface area contributed by atoms with E-state index in [2.05, 4.69) is 22.5 Å². The summed E-state index contributed by atoms with van der Waals surface area (Å²) < 4.78 is 7.74. The number of amides is 1. The number of ether oxygens (including phenoxy) is 1. The second-order valence-corrected chi connectivity index (χ2v) is 8.15. The number of rotatable bonds is 7. The Balaban J connectivity index is 1.34. The number of thiophene rings is 1. The van der Waals surface area contributed by atoms with Crippen molar-refractivity contribution in [1.29, 1.82) is 0 Å². The maximum absolute atomic E-state index is 12.6. The molecule has 0 aliphatic heterocycles. The molecule has 5 nitrogen and oxygen atoms in total. The van der Waals surface area contributed by atoms with Crippen LogP contribution in [0.3, 0.4) is 0 Å².